The van der Waals surface area contributed by atoms with Crippen molar-refractivity contribution >= 4 is 27.5 Å². The standard InChI is InChI=1S/C35H43N5O6S/c1-6-33(41)38-13-12-28(22-38)40(7-2)32-20-27(26-8-10-29(11-9-26)47(44,45)39-14-16-46-17-15-39)19-30(25(32)5)34(42)36-21-31-23(3)18-24(4)37-35(31)43/h6,8-11,18-20,28H,1,7,12-17,21-22H2,2-5H3,(H,36,42)(H,37,43). The summed E-state index contributed by atoms with van der Waals surface area (Å²) in [5.41, 5.74) is 5.34. The number of hydrogen-bond acceptors (Lipinski definition) is 7. The Morgan fingerprint density at radius 2 is 1.77 bits per heavy atom. The highest BCUT2D eigenvalue weighted by Gasteiger charge is 2.31. The van der Waals surface area contributed by atoms with E-state index in [4.69, 9.17) is 4.74 Å². The Balaban J connectivity index is 1.52. The van der Waals surface area contributed by atoms with E-state index in [2.05, 4.69) is 21.8 Å². The zero-order chi connectivity index (χ0) is 33.9. The van der Waals surface area contributed by atoms with Gasteiger partial charge in [-0.3, -0.25) is 14.4 Å². The van der Waals surface area contributed by atoms with Gasteiger partial charge < -0.3 is 24.8 Å². The Morgan fingerprint density at radius 3 is 2.40 bits per heavy atom. The highest BCUT2D eigenvalue weighted by Crippen LogP contribution is 2.34. The predicted octanol–water partition coefficient (Wildman–Crippen LogP) is 3.53. The van der Waals surface area contributed by atoms with Gasteiger partial charge in [-0.2, -0.15) is 4.31 Å². The number of anilines is 1. The van der Waals surface area contributed by atoms with Gasteiger partial charge in [0.2, 0.25) is 15.9 Å². The smallest absolute Gasteiger partial charge is 0.253 e. The van der Waals surface area contributed by atoms with Crippen molar-refractivity contribution in [2.45, 2.75) is 51.6 Å². The molecule has 1 aromatic heterocycles. The molecule has 0 bridgehead atoms. The van der Waals surface area contributed by atoms with Gasteiger partial charge in [-0.05, 0) is 92.8 Å². The first kappa shape index (κ1) is 34.1. The van der Waals surface area contributed by atoms with E-state index in [1.165, 1.54) is 10.4 Å². The molecule has 3 heterocycles. The topological polar surface area (TPSA) is 132 Å². The van der Waals surface area contributed by atoms with E-state index in [1.807, 2.05) is 45.9 Å². The van der Waals surface area contributed by atoms with E-state index >= 15 is 0 Å². The highest BCUT2D eigenvalue weighted by molar-refractivity contribution is 7.89. The summed E-state index contributed by atoms with van der Waals surface area (Å²) in [6.45, 7) is 14.4. The molecular weight excluding hydrogens is 618 g/mol. The number of likely N-dealkylation sites (N-methyl/N-ethyl adjacent to an activating group) is 1. The normalized spacial score (nSPS) is 17.0. The molecule has 2 fully saturated rings. The minimum atomic E-state index is -3.67. The van der Waals surface area contributed by atoms with Crippen molar-refractivity contribution in [3.8, 4) is 11.1 Å². The van der Waals surface area contributed by atoms with E-state index in [1.54, 1.807) is 29.2 Å². The number of amides is 2. The molecule has 0 spiro atoms. The number of carbonyl (C=O) groups is 2. The van der Waals surface area contributed by atoms with Gasteiger partial charge in [-0.1, -0.05) is 18.7 Å². The second kappa shape index (κ2) is 14.2. The summed E-state index contributed by atoms with van der Waals surface area (Å²) in [6, 6.07) is 12.4. The summed E-state index contributed by atoms with van der Waals surface area (Å²) in [5.74, 6) is -0.440. The van der Waals surface area contributed by atoms with Crippen LogP contribution in [0.1, 0.15) is 46.1 Å². The summed E-state index contributed by atoms with van der Waals surface area (Å²) in [4.78, 5) is 45.8. The zero-order valence-electron chi connectivity index (χ0n) is 27.5. The highest BCUT2D eigenvalue weighted by atomic mass is 32.2. The summed E-state index contributed by atoms with van der Waals surface area (Å²) in [7, 11) is -3.67. The second-order valence-corrected chi connectivity index (χ2v) is 14.0. The fourth-order valence-corrected chi connectivity index (χ4v) is 7.88. The van der Waals surface area contributed by atoms with Crippen LogP contribution >= 0.6 is 0 Å². The number of benzene rings is 2. The molecule has 11 nitrogen and oxygen atoms in total. The van der Waals surface area contributed by atoms with Crippen molar-refractivity contribution < 1.29 is 22.7 Å². The van der Waals surface area contributed by atoms with Crippen molar-refractivity contribution in [2.24, 2.45) is 0 Å². The number of sulfonamides is 1. The largest absolute Gasteiger partial charge is 0.379 e. The number of nitrogens with one attached hydrogen (secondary N) is 2. The van der Waals surface area contributed by atoms with E-state index in [9.17, 15) is 22.8 Å². The number of morpholine rings is 1. The number of nitrogens with zero attached hydrogens (tertiary/aromatic N) is 3. The average molecular weight is 662 g/mol. The summed E-state index contributed by atoms with van der Waals surface area (Å²) in [5, 5.41) is 2.95. The van der Waals surface area contributed by atoms with Crippen LogP contribution in [0.5, 0.6) is 0 Å². The summed E-state index contributed by atoms with van der Waals surface area (Å²) in [6.07, 6.45) is 2.10. The van der Waals surface area contributed by atoms with E-state index in [0.29, 0.717) is 57.1 Å². The first-order valence-corrected chi connectivity index (χ1v) is 17.4. The third-order valence-electron chi connectivity index (χ3n) is 9.08. The first-order valence-electron chi connectivity index (χ1n) is 15.9. The molecule has 2 N–H and O–H groups in total. The molecule has 2 amide bonds. The Morgan fingerprint density at radius 1 is 1.06 bits per heavy atom. The van der Waals surface area contributed by atoms with Crippen molar-refractivity contribution in [2.75, 3.05) is 50.8 Å². The third-order valence-corrected chi connectivity index (χ3v) is 11.0. The van der Waals surface area contributed by atoms with Crippen LogP contribution in [0, 0.1) is 20.8 Å². The molecule has 3 aromatic rings. The van der Waals surface area contributed by atoms with Crippen molar-refractivity contribution in [3.63, 3.8) is 0 Å². The van der Waals surface area contributed by atoms with Gasteiger partial charge in [0.1, 0.15) is 0 Å². The molecular formula is C35H43N5O6S. The molecule has 0 saturated carbocycles. The molecule has 12 heteroatoms. The summed E-state index contributed by atoms with van der Waals surface area (Å²) < 4.78 is 33.3. The number of hydrogen-bond donors (Lipinski definition) is 2. The van der Waals surface area contributed by atoms with E-state index < -0.39 is 10.0 Å². The van der Waals surface area contributed by atoms with Crippen LogP contribution < -0.4 is 15.8 Å². The minimum Gasteiger partial charge on any atom is -0.379 e. The monoisotopic (exact) mass is 661 g/mol. The number of ether oxygens (including phenoxy) is 1. The number of pyridine rings is 1. The number of likely N-dealkylation sites (tertiary alicyclic amines) is 1. The Hall–Kier alpha value is -4.26. The number of aryl methyl sites for hydroxylation is 2. The number of H-pyrrole nitrogens is 1. The van der Waals surface area contributed by atoms with Crippen LogP contribution in [0.2, 0.25) is 0 Å². The lowest BCUT2D eigenvalue weighted by molar-refractivity contribution is -0.125. The van der Waals surface area contributed by atoms with Crippen LogP contribution in [0.25, 0.3) is 11.1 Å². The van der Waals surface area contributed by atoms with Crippen LogP contribution in [-0.4, -0.2) is 86.4 Å². The van der Waals surface area contributed by atoms with Gasteiger partial charge in [0, 0.05) is 67.8 Å². The van der Waals surface area contributed by atoms with Gasteiger partial charge in [-0.15, -0.1) is 0 Å². The van der Waals surface area contributed by atoms with Gasteiger partial charge >= 0.3 is 0 Å². The van der Waals surface area contributed by atoms with E-state index in [-0.39, 0.29) is 34.9 Å². The van der Waals surface area contributed by atoms with Gasteiger partial charge in [0.05, 0.1) is 18.1 Å². The van der Waals surface area contributed by atoms with Crippen molar-refractivity contribution in [3.05, 3.63) is 93.4 Å². The van der Waals surface area contributed by atoms with Crippen LogP contribution in [0.15, 0.2) is 64.8 Å². The number of rotatable bonds is 10. The minimum absolute atomic E-state index is 0.0311. The lowest BCUT2D eigenvalue weighted by Gasteiger charge is -2.32. The maximum Gasteiger partial charge on any atom is 0.253 e. The fraction of sp³-hybridized carbons (Fsp3) is 0.400. The first-order chi connectivity index (χ1) is 22.4. The quantitative estimate of drug-likeness (QED) is 0.318. The van der Waals surface area contributed by atoms with Gasteiger partial charge in [-0.25, -0.2) is 8.42 Å². The van der Waals surface area contributed by atoms with Crippen LogP contribution in [-0.2, 0) is 26.1 Å². The number of aromatic nitrogens is 1. The maximum atomic E-state index is 13.8. The molecule has 2 saturated heterocycles. The van der Waals surface area contributed by atoms with Crippen LogP contribution in [0.4, 0.5) is 5.69 Å². The molecule has 250 valence electrons. The lowest BCUT2D eigenvalue weighted by atomic mass is 9.96. The molecule has 1 unspecified atom stereocenters. The SMILES string of the molecule is C=CC(=O)N1CCC(N(CC)c2cc(-c3ccc(S(=O)(=O)N4CCOCC4)cc3)cc(C(=O)NCc3c(C)cc(C)[nH]c3=O)c2C)C1. The molecule has 1 atom stereocenters. The average Bonchev–Trinajstić information content (AvgIpc) is 3.55. The second-order valence-electron chi connectivity index (χ2n) is 12.1. The Labute approximate surface area is 276 Å². The molecule has 0 aliphatic carbocycles. The Kier molecular flexibility index (Phi) is 10.3. The number of aromatic amines is 1. The maximum absolute atomic E-state index is 13.8. The molecule has 0 radical (unpaired) electrons. The van der Waals surface area contributed by atoms with E-state index in [0.717, 1.165) is 40.1 Å². The molecule has 2 aliphatic rings. The molecule has 2 aliphatic heterocycles. The third kappa shape index (κ3) is 7.19. The van der Waals surface area contributed by atoms with Crippen molar-refractivity contribution in [1.82, 2.24) is 19.5 Å². The Bertz CT molecular complexity index is 1830. The van der Waals surface area contributed by atoms with Crippen LogP contribution in [0.3, 0.4) is 0 Å². The fourth-order valence-electron chi connectivity index (χ4n) is 6.47. The molecule has 47 heavy (non-hydrogen) atoms. The summed E-state index contributed by atoms with van der Waals surface area (Å²) >= 11 is 0. The lowest BCUT2D eigenvalue weighted by Crippen LogP contribution is -2.40. The number of carbonyl (C=O) groups excluding carboxylic acids is 2. The van der Waals surface area contributed by atoms with Gasteiger partial charge in [0.25, 0.3) is 11.5 Å². The van der Waals surface area contributed by atoms with Crippen molar-refractivity contribution in [1.29, 1.82) is 0 Å². The molecule has 2 aromatic carbocycles. The van der Waals surface area contributed by atoms with Gasteiger partial charge in [0.15, 0.2) is 0 Å². The zero-order valence-corrected chi connectivity index (χ0v) is 28.3. The predicted molar refractivity (Wildman–Crippen MR) is 182 cm³/mol. The molecule has 5 rings (SSSR count).